The molecule has 0 N–H and O–H groups in total. The van der Waals surface area contributed by atoms with Crippen LogP contribution < -0.4 is 0 Å². The molecule has 7 aromatic carbocycles. The van der Waals surface area contributed by atoms with E-state index in [9.17, 15) is 0 Å². The number of hydrogen-bond donors (Lipinski definition) is 0. The largest absolute Gasteiger partial charge is 0.456 e. The van der Waals surface area contributed by atoms with Gasteiger partial charge in [0.1, 0.15) is 11.2 Å². The summed E-state index contributed by atoms with van der Waals surface area (Å²) in [6.45, 7) is 0. The number of para-hydroxylation sites is 2. The van der Waals surface area contributed by atoms with Crippen LogP contribution in [0, 0.1) is 0 Å². The monoisotopic (exact) mass is 670 g/mol. The average molecular weight is 671 g/mol. The molecule has 0 aliphatic carbocycles. The van der Waals surface area contributed by atoms with Crippen LogP contribution >= 0.6 is 11.3 Å². The first-order valence-electron chi connectivity index (χ1n) is 16.9. The molecule has 0 saturated carbocycles. The Labute approximate surface area is 295 Å². The Hall–Kier alpha value is -6.63. The van der Waals surface area contributed by atoms with E-state index in [1.54, 1.807) is 0 Å². The molecule has 238 valence electrons. The van der Waals surface area contributed by atoms with Crippen LogP contribution in [0.4, 0.5) is 0 Å². The number of rotatable bonds is 4. The normalized spacial score (nSPS) is 11.9. The van der Waals surface area contributed by atoms with Crippen molar-refractivity contribution in [3.8, 4) is 39.9 Å². The van der Waals surface area contributed by atoms with Gasteiger partial charge in [0.25, 0.3) is 0 Å². The van der Waals surface area contributed by atoms with Gasteiger partial charge in [-0.1, -0.05) is 115 Å². The number of furan rings is 1. The molecule has 0 atom stereocenters. The summed E-state index contributed by atoms with van der Waals surface area (Å²) in [6.07, 6.45) is 0. The van der Waals surface area contributed by atoms with Crippen LogP contribution in [-0.4, -0.2) is 19.5 Å². The fourth-order valence-corrected chi connectivity index (χ4v) is 8.65. The van der Waals surface area contributed by atoms with Crippen LogP contribution in [0.1, 0.15) is 0 Å². The van der Waals surface area contributed by atoms with E-state index in [2.05, 4.69) is 89.5 Å². The third-order valence-corrected chi connectivity index (χ3v) is 11.0. The van der Waals surface area contributed by atoms with Crippen LogP contribution in [0.15, 0.2) is 162 Å². The van der Waals surface area contributed by atoms with Crippen molar-refractivity contribution < 1.29 is 4.42 Å². The fraction of sp³-hybridized carbons (Fsp3) is 0. The lowest BCUT2D eigenvalue weighted by atomic mass is 10.1. The quantitative estimate of drug-likeness (QED) is 0.187. The molecule has 0 aliphatic rings. The van der Waals surface area contributed by atoms with Crippen LogP contribution in [-0.2, 0) is 0 Å². The van der Waals surface area contributed by atoms with E-state index in [0.717, 1.165) is 55.3 Å². The lowest BCUT2D eigenvalue weighted by Crippen LogP contribution is -2.01. The zero-order valence-corrected chi connectivity index (χ0v) is 27.9. The number of fused-ring (bicyclic) bond motifs is 9. The van der Waals surface area contributed by atoms with E-state index < -0.39 is 0 Å². The average Bonchev–Trinajstić information content (AvgIpc) is 3.86. The second-order valence-corrected chi connectivity index (χ2v) is 13.9. The minimum absolute atomic E-state index is 0.582. The SMILES string of the molecule is c1ccc(-c2nc(-c3ccccc3)nc(-c3cc(-n4c5ccccc5c5cc6sc7ccccc7c6cc54)c4c(c3)oc3ccccc34)n2)cc1. The van der Waals surface area contributed by atoms with Crippen molar-refractivity contribution >= 4 is 75.3 Å². The summed E-state index contributed by atoms with van der Waals surface area (Å²) in [5, 5.41) is 7.07. The highest BCUT2D eigenvalue weighted by atomic mass is 32.1. The maximum Gasteiger partial charge on any atom is 0.164 e. The first kappa shape index (κ1) is 28.2. The van der Waals surface area contributed by atoms with Crippen molar-refractivity contribution in [2.75, 3.05) is 0 Å². The number of aromatic nitrogens is 4. The Balaban J connectivity index is 1.26. The third kappa shape index (κ3) is 4.37. The van der Waals surface area contributed by atoms with E-state index in [4.69, 9.17) is 19.4 Å². The van der Waals surface area contributed by atoms with Gasteiger partial charge in [-0.15, -0.1) is 11.3 Å². The highest BCUT2D eigenvalue weighted by Crippen LogP contribution is 2.44. The lowest BCUT2D eigenvalue weighted by molar-refractivity contribution is 0.669. The molecule has 0 amide bonds. The fourth-order valence-electron chi connectivity index (χ4n) is 7.52. The van der Waals surface area contributed by atoms with Crippen molar-refractivity contribution in [3.05, 3.63) is 158 Å². The molecular formula is C45H26N4OS. The summed E-state index contributed by atoms with van der Waals surface area (Å²) in [7, 11) is 0. The van der Waals surface area contributed by atoms with Crippen molar-refractivity contribution in [1.29, 1.82) is 0 Å². The first-order chi connectivity index (χ1) is 25.3. The topological polar surface area (TPSA) is 56.7 Å². The standard InChI is InChI=1S/C45H26N4OS/c1-3-13-27(14-4-1)43-46-44(28-15-5-2-6-16-28)48-45(47-43)29-23-37(42-32-19-8-11-21-38(32)50-39(42)24-29)49-35-20-10-7-17-30(35)33-26-41-34(25-36(33)49)31-18-9-12-22-40(31)51-41/h1-26H. The van der Waals surface area contributed by atoms with Crippen molar-refractivity contribution in [2.45, 2.75) is 0 Å². The first-order valence-corrected chi connectivity index (χ1v) is 17.8. The molecule has 0 radical (unpaired) electrons. The van der Waals surface area contributed by atoms with Gasteiger partial charge in [-0.2, -0.15) is 0 Å². The molecular weight excluding hydrogens is 645 g/mol. The minimum Gasteiger partial charge on any atom is -0.456 e. The van der Waals surface area contributed by atoms with Crippen LogP contribution in [0.5, 0.6) is 0 Å². The zero-order valence-electron chi connectivity index (χ0n) is 27.1. The summed E-state index contributed by atoms with van der Waals surface area (Å²) in [5.41, 5.74) is 7.60. The Kier molecular flexibility index (Phi) is 6.05. The zero-order chi connectivity index (χ0) is 33.5. The molecule has 0 fully saturated rings. The Morgan fingerprint density at radius 3 is 1.76 bits per heavy atom. The van der Waals surface area contributed by atoms with Gasteiger partial charge in [-0.3, -0.25) is 0 Å². The molecule has 0 bridgehead atoms. The maximum absolute atomic E-state index is 6.64. The number of nitrogens with zero attached hydrogens (tertiary/aromatic N) is 4. The van der Waals surface area contributed by atoms with Gasteiger partial charge < -0.3 is 8.98 Å². The Morgan fingerprint density at radius 2 is 1.02 bits per heavy atom. The van der Waals surface area contributed by atoms with Crippen LogP contribution in [0.25, 0.3) is 104 Å². The number of hydrogen-bond acceptors (Lipinski definition) is 5. The van der Waals surface area contributed by atoms with Crippen molar-refractivity contribution in [3.63, 3.8) is 0 Å². The molecule has 0 saturated heterocycles. The number of benzene rings is 7. The molecule has 4 heterocycles. The molecule has 6 heteroatoms. The van der Waals surface area contributed by atoms with Gasteiger partial charge in [0.05, 0.1) is 22.1 Å². The molecule has 0 aliphatic heterocycles. The molecule has 0 spiro atoms. The second-order valence-electron chi connectivity index (χ2n) is 12.8. The van der Waals surface area contributed by atoms with Crippen molar-refractivity contribution in [2.24, 2.45) is 0 Å². The van der Waals surface area contributed by atoms with Gasteiger partial charge in [0.15, 0.2) is 17.5 Å². The summed E-state index contributed by atoms with van der Waals surface area (Å²) in [6, 6.07) is 54.9. The van der Waals surface area contributed by atoms with Gasteiger partial charge in [0, 0.05) is 53.0 Å². The highest BCUT2D eigenvalue weighted by Gasteiger charge is 2.22. The molecule has 5 nitrogen and oxygen atoms in total. The Morgan fingerprint density at radius 1 is 0.412 bits per heavy atom. The second kappa shape index (κ2) is 10.9. The van der Waals surface area contributed by atoms with E-state index in [1.165, 1.54) is 30.9 Å². The van der Waals surface area contributed by atoms with Crippen LogP contribution in [0.2, 0.25) is 0 Å². The van der Waals surface area contributed by atoms with Crippen LogP contribution in [0.3, 0.4) is 0 Å². The van der Waals surface area contributed by atoms with E-state index in [-0.39, 0.29) is 0 Å². The molecule has 11 aromatic rings. The lowest BCUT2D eigenvalue weighted by Gasteiger charge is -2.13. The summed E-state index contributed by atoms with van der Waals surface area (Å²) in [4.78, 5) is 15.2. The number of thiophene rings is 1. The van der Waals surface area contributed by atoms with Gasteiger partial charge in [0.2, 0.25) is 0 Å². The van der Waals surface area contributed by atoms with Gasteiger partial charge >= 0.3 is 0 Å². The molecule has 0 unspecified atom stereocenters. The van der Waals surface area contributed by atoms with Gasteiger partial charge in [-0.05, 0) is 42.5 Å². The Bertz CT molecular complexity index is 3080. The van der Waals surface area contributed by atoms with E-state index in [1.807, 2.05) is 84.1 Å². The smallest absolute Gasteiger partial charge is 0.164 e. The van der Waals surface area contributed by atoms with E-state index in [0.29, 0.717) is 17.5 Å². The van der Waals surface area contributed by atoms with Crippen molar-refractivity contribution in [1.82, 2.24) is 19.5 Å². The minimum atomic E-state index is 0.582. The molecule has 51 heavy (non-hydrogen) atoms. The predicted octanol–water partition coefficient (Wildman–Crippen LogP) is 12.2. The summed E-state index contributed by atoms with van der Waals surface area (Å²) in [5.74, 6) is 1.82. The summed E-state index contributed by atoms with van der Waals surface area (Å²) >= 11 is 1.85. The van der Waals surface area contributed by atoms with Gasteiger partial charge in [-0.25, -0.2) is 15.0 Å². The highest BCUT2D eigenvalue weighted by molar-refractivity contribution is 7.25. The predicted molar refractivity (Wildman–Crippen MR) is 211 cm³/mol. The molecule has 4 aromatic heterocycles. The molecule has 11 rings (SSSR count). The van der Waals surface area contributed by atoms with E-state index >= 15 is 0 Å². The summed E-state index contributed by atoms with van der Waals surface area (Å²) < 4.78 is 11.6. The third-order valence-electron chi connectivity index (χ3n) is 9.83. The maximum atomic E-state index is 6.64.